The van der Waals surface area contributed by atoms with Crippen LogP contribution in [0.3, 0.4) is 0 Å². The number of carbonyl (C=O) groups is 2. The Labute approximate surface area is 144 Å². The molecule has 1 saturated heterocycles. The minimum Gasteiger partial charge on any atom is -0.336 e. The topological polar surface area (TPSA) is 83.9 Å². The molecule has 4 rings (SSSR count). The van der Waals surface area contributed by atoms with Crippen LogP contribution in [0.1, 0.15) is 33.9 Å². The van der Waals surface area contributed by atoms with Crippen molar-refractivity contribution in [3.05, 3.63) is 48.2 Å². The molecule has 0 spiro atoms. The number of nitrogens with one attached hydrogen (secondary N) is 1. The van der Waals surface area contributed by atoms with E-state index in [0.29, 0.717) is 24.6 Å². The van der Waals surface area contributed by atoms with E-state index in [1.54, 1.807) is 21.9 Å². The van der Waals surface area contributed by atoms with E-state index in [-0.39, 0.29) is 17.6 Å². The van der Waals surface area contributed by atoms with E-state index < -0.39 is 0 Å². The molecule has 0 aliphatic carbocycles. The van der Waals surface area contributed by atoms with Gasteiger partial charge in [0.1, 0.15) is 0 Å². The number of para-hydroxylation sites is 1. The molecule has 1 aromatic carbocycles. The van der Waals surface area contributed by atoms with Gasteiger partial charge in [-0.1, -0.05) is 18.2 Å². The van der Waals surface area contributed by atoms with Crippen molar-refractivity contribution in [3.63, 3.8) is 0 Å². The summed E-state index contributed by atoms with van der Waals surface area (Å²) in [5, 5.41) is 7.89. The highest BCUT2D eigenvalue weighted by Crippen LogP contribution is 2.23. The van der Waals surface area contributed by atoms with Crippen molar-refractivity contribution in [1.82, 2.24) is 24.6 Å². The number of carbonyl (C=O) groups excluding carboxylic acids is 2. The Morgan fingerprint density at radius 1 is 1.28 bits per heavy atom. The molecule has 0 saturated carbocycles. The van der Waals surface area contributed by atoms with Crippen LogP contribution in [0.15, 0.2) is 36.7 Å². The lowest BCUT2D eigenvalue weighted by atomic mass is 9.93. The summed E-state index contributed by atoms with van der Waals surface area (Å²) in [7, 11) is 1.81. The first kappa shape index (κ1) is 15.6. The predicted octanol–water partition coefficient (Wildman–Crippen LogP) is 2.03. The molecule has 1 fully saturated rings. The fraction of sp³-hybridized carbons (Fsp3) is 0.333. The number of hydrogen-bond acceptors (Lipinski definition) is 4. The number of fused-ring (bicyclic) bond motifs is 1. The Balaban J connectivity index is 1.56. The minimum atomic E-state index is -0.219. The Morgan fingerprint density at radius 3 is 2.92 bits per heavy atom. The lowest BCUT2D eigenvalue weighted by Gasteiger charge is -2.31. The number of aromatic amines is 1. The number of amides is 1. The number of nitrogens with zero attached hydrogens (tertiary/aromatic N) is 4. The molecule has 7 heteroatoms. The van der Waals surface area contributed by atoms with Crippen LogP contribution in [0.4, 0.5) is 0 Å². The second-order valence-corrected chi connectivity index (χ2v) is 6.43. The maximum absolute atomic E-state index is 12.9. The summed E-state index contributed by atoms with van der Waals surface area (Å²) in [5.41, 5.74) is 1.25. The molecule has 1 aliphatic rings. The van der Waals surface area contributed by atoms with E-state index in [9.17, 15) is 9.59 Å². The van der Waals surface area contributed by atoms with Crippen LogP contribution in [0.2, 0.25) is 0 Å². The van der Waals surface area contributed by atoms with E-state index in [2.05, 4.69) is 15.2 Å². The van der Waals surface area contributed by atoms with Gasteiger partial charge in [-0.15, -0.1) is 0 Å². The zero-order chi connectivity index (χ0) is 17.4. The number of ketones is 1. The van der Waals surface area contributed by atoms with Crippen LogP contribution in [0.5, 0.6) is 0 Å². The normalized spacial score (nSPS) is 17.8. The molecule has 2 aromatic heterocycles. The molecule has 128 valence electrons. The van der Waals surface area contributed by atoms with Gasteiger partial charge in [-0.3, -0.25) is 14.7 Å². The van der Waals surface area contributed by atoms with Crippen LogP contribution in [0.25, 0.3) is 10.9 Å². The fourth-order valence-electron chi connectivity index (χ4n) is 3.44. The standard InChI is InChI=1S/C18H19N5O2/c1-22-10-8-19-17(22)16(24)12-5-4-9-23(11-12)18(25)15-13-6-2-3-7-14(13)20-21-15/h2-3,6-8,10,12H,4-5,9,11H2,1H3,(H,20,21)/t12-/m1/s1. The number of rotatable bonds is 3. The maximum atomic E-state index is 12.9. The van der Waals surface area contributed by atoms with Gasteiger partial charge in [0.15, 0.2) is 11.5 Å². The third-order valence-corrected chi connectivity index (χ3v) is 4.79. The highest BCUT2D eigenvalue weighted by molar-refractivity contribution is 6.05. The van der Waals surface area contributed by atoms with Gasteiger partial charge in [0.25, 0.3) is 5.91 Å². The Bertz CT molecular complexity index is 942. The monoisotopic (exact) mass is 337 g/mol. The molecule has 3 heterocycles. The van der Waals surface area contributed by atoms with Crippen molar-refractivity contribution in [2.75, 3.05) is 13.1 Å². The van der Waals surface area contributed by atoms with Crippen molar-refractivity contribution >= 4 is 22.6 Å². The second kappa shape index (κ2) is 6.16. The summed E-state index contributed by atoms with van der Waals surface area (Å²) in [5.74, 6) is 0.0974. The van der Waals surface area contributed by atoms with Crippen LogP contribution in [0, 0.1) is 5.92 Å². The van der Waals surface area contributed by atoms with Gasteiger partial charge in [-0.2, -0.15) is 5.10 Å². The summed E-state index contributed by atoms with van der Waals surface area (Å²) < 4.78 is 1.73. The molecule has 0 radical (unpaired) electrons. The summed E-state index contributed by atoms with van der Waals surface area (Å²) in [6.45, 7) is 1.05. The average molecular weight is 337 g/mol. The first-order chi connectivity index (χ1) is 12.1. The number of piperidine rings is 1. The van der Waals surface area contributed by atoms with Gasteiger partial charge in [0.05, 0.1) is 5.52 Å². The van der Waals surface area contributed by atoms with E-state index in [1.165, 1.54) is 0 Å². The summed E-state index contributed by atoms with van der Waals surface area (Å²) in [4.78, 5) is 31.5. The van der Waals surface area contributed by atoms with Gasteiger partial charge in [0.2, 0.25) is 5.78 Å². The first-order valence-electron chi connectivity index (χ1n) is 8.39. The zero-order valence-electron chi connectivity index (χ0n) is 14.0. The number of benzene rings is 1. The molecule has 25 heavy (non-hydrogen) atoms. The van der Waals surface area contributed by atoms with Crippen LogP contribution in [-0.2, 0) is 7.05 Å². The van der Waals surface area contributed by atoms with Gasteiger partial charge in [0, 0.05) is 43.8 Å². The molecule has 3 aromatic rings. The van der Waals surface area contributed by atoms with E-state index in [4.69, 9.17) is 0 Å². The number of hydrogen-bond donors (Lipinski definition) is 1. The molecule has 0 unspecified atom stereocenters. The molecule has 1 amide bonds. The van der Waals surface area contributed by atoms with E-state index >= 15 is 0 Å². The lowest BCUT2D eigenvalue weighted by molar-refractivity contribution is 0.0629. The van der Waals surface area contributed by atoms with Gasteiger partial charge in [-0.05, 0) is 18.9 Å². The fourth-order valence-corrected chi connectivity index (χ4v) is 3.44. The Kier molecular flexibility index (Phi) is 3.83. The summed E-state index contributed by atoms with van der Waals surface area (Å²) in [6, 6.07) is 7.56. The second-order valence-electron chi connectivity index (χ2n) is 6.43. The van der Waals surface area contributed by atoms with Crippen LogP contribution in [-0.4, -0.2) is 49.4 Å². The van der Waals surface area contributed by atoms with E-state index in [1.807, 2.05) is 31.3 Å². The van der Waals surface area contributed by atoms with Gasteiger partial charge in [-0.25, -0.2) is 4.98 Å². The summed E-state index contributed by atoms with van der Waals surface area (Å²) >= 11 is 0. The largest absolute Gasteiger partial charge is 0.336 e. The third-order valence-electron chi connectivity index (χ3n) is 4.79. The summed E-state index contributed by atoms with van der Waals surface area (Å²) in [6.07, 6.45) is 4.95. The van der Waals surface area contributed by atoms with Crippen molar-refractivity contribution in [2.45, 2.75) is 12.8 Å². The number of aryl methyl sites for hydroxylation is 1. The minimum absolute atomic E-state index is 0.00288. The molecule has 0 bridgehead atoms. The molecule has 1 N–H and O–H groups in total. The number of Topliss-reactive ketones (excluding diaryl/α,β-unsaturated/α-hetero) is 1. The number of aromatic nitrogens is 4. The first-order valence-corrected chi connectivity index (χ1v) is 8.39. The molecule has 7 nitrogen and oxygen atoms in total. The van der Waals surface area contributed by atoms with Crippen molar-refractivity contribution in [1.29, 1.82) is 0 Å². The van der Waals surface area contributed by atoms with Crippen LogP contribution < -0.4 is 0 Å². The SMILES string of the molecule is Cn1ccnc1C(=O)[C@@H]1CCCN(C(=O)c2n[nH]c3ccccc23)C1. The quantitative estimate of drug-likeness (QED) is 0.741. The Hall–Kier alpha value is -2.96. The average Bonchev–Trinajstić information content (AvgIpc) is 3.27. The zero-order valence-corrected chi connectivity index (χ0v) is 14.0. The molecular weight excluding hydrogens is 318 g/mol. The lowest BCUT2D eigenvalue weighted by Crippen LogP contribution is -2.43. The highest BCUT2D eigenvalue weighted by atomic mass is 16.2. The third kappa shape index (κ3) is 2.71. The van der Waals surface area contributed by atoms with Gasteiger partial charge >= 0.3 is 0 Å². The molecule has 1 aliphatic heterocycles. The Morgan fingerprint density at radius 2 is 2.12 bits per heavy atom. The van der Waals surface area contributed by atoms with Crippen molar-refractivity contribution in [2.24, 2.45) is 13.0 Å². The highest BCUT2D eigenvalue weighted by Gasteiger charge is 2.32. The maximum Gasteiger partial charge on any atom is 0.275 e. The number of imidazole rings is 1. The van der Waals surface area contributed by atoms with Crippen LogP contribution >= 0.6 is 0 Å². The smallest absolute Gasteiger partial charge is 0.275 e. The van der Waals surface area contributed by atoms with Gasteiger partial charge < -0.3 is 9.47 Å². The van der Waals surface area contributed by atoms with Crippen molar-refractivity contribution in [3.8, 4) is 0 Å². The number of likely N-dealkylation sites (tertiary alicyclic amines) is 1. The van der Waals surface area contributed by atoms with Crippen molar-refractivity contribution < 1.29 is 9.59 Å². The number of H-pyrrole nitrogens is 1. The predicted molar refractivity (Wildman–Crippen MR) is 92.3 cm³/mol. The molecule has 1 atom stereocenters. The molecular formula is C18H19N5O2. The van der Waals surface area contributed by atoms with E-state index in [0.717, 1.165) is 23.7 Å².